The molecule has 0 radical (unpaired) electrons. The van der Waals surface area contributed by atoms with E-state index in [0.717, 1.165) is 0 Å². The zero-order valence-corrected chi connectivity index (χ0v) is 10.1. The van der Waals surface area contributed by atoms with Crippen molar-refractivity contribution in [3.8, 4) is 0 Å². The van der Waals surface area contributed by atoms with Gasteiger partial charge < -0.3 is 0 Å². The summed E-state index contributed by atoms with van der Waals surface area (Å²) in [6.07, 6.45) is -16.9. The zero-order valence-electron chi connectivity index (χ0n) is 7.11. The van der Waals surface area contributed by atoms with Crippen LogP contribution in [0.4, 0.5) is 35.1 Å². The predicted molar refractivity (Wildman–Crippen MR) is 44.9 cm³/mol. The Morgan fingerprint density at radius 1 is 1.00 bits per heavy atom. The Bertz CT molecular complexity index is 375. The zero-order chi connectivity index (χ0) is 14.3. The Balaban J connectivity index is 5.18. The first-order valence-electron chi connectivity index (χ1n) is 3.21. The molecule has 0 aliphatic heterocycles. The minimum absolute atomic E-state index is 0.129. The molecular weight excluding hydrogens is 407 g/mol. The van der Waals surface area contributed by atoms with E-state index in [0.29, 0.717) is 0 Å². The summed E-state index contributed by atoms with van der Waals surface area (Å²) in [6.45, 7) is 0. The molecule has 0 bridgehead atoms. The number of rotatable bonds is 4. The number of hydrogen-bond donors (Lipinski definition) is 0. The maximum absolute atomic E-state index is 12.5. The molecule has 1 unspecified atom stereocenters. The summed E-state index contributed by atoms with van der Waals surface area (Å²) in [4.78, 5) is 0. The van der Waals surface area contributed by atoms with Gasteiger partial charge in [0.05, 0.1) is 21.2 Å². The summed E-state index contributed by atoms with van der Waals surface area (Å²) in [7, 11) is -5.82. The largest absolute Gasteiger partial charge is 0.445 e. The van der Waals surface area contributed by atoms with Gasteiger partial charge in [0.25, 0.3) is 13.4 Å². The van der Waals surface area contributed by atoms with Gasteiger partial charge >= 0.3 is 17.5 Å². The Hall–Kier alpha value is 0.0800. The van der Waals surface area contributed by atoms with Crippen molar-refractivity contribution >= 4 is 28.2 Å². The topological polar surface area (TPSA) is 43.4 Å². The minimum atomic E-state index is -6.16. The van der Waals surface area contributed by atoms with E-state index in [1.54, 1.807) is 0 Å². The van der Waals surface area contributed by atoms with Crippen LogP contribution in [-0.2, 0) is 11.7 Å². The van der Waals surface area contributed by atoms with Crippen molar-refractivity contribution in [1.82, 2.24) is 0 Å². The van der Waals surface area contributed by atoms with E-state index in [9.17, 15) is 43.5 Å². The molecule has 0 amide bonds. The molecule has 0 aromatic carbocycles. The molecule has 0 aromatic rings. The molecule has 0 heterocycles. The van der Waals surface area contributed by atoms with Crippen LogP contribution in [0.5, 0.6) is 0 Å². The van der Waals surface area contributed by atoms with Gasteiger partial charge in [0.1, 0.15) is 0 Å². The van der Waals surface area contributed by atoms with Crippen LogP contribution in [-0.4, -0.2) is 32.3 Å². The third kappa shape index (κ3) is 3.77. The van der Waals surface area contributed by atoms with E-state index in [1.165, 1.54) is 0 Å². The molecule has 0 fully saturated rings. The smallest absolute Gasteiger partial charge is 0.271 e. The van der Waals surface area contributed by atoms with Crippen molar-refractivity contribution < 1.29 is 48.3 Å². The molecule has 17 heavy (non-hydrogen) atoms. The Kier molecular flexibility index (Phi) is 4.66. The van der Waals surface area contributed by atoms with Gasteiger partial charge in [0.2, 0.25) is 0 Å². The Morgan fingerprint density at radius 2 is 1.35 bits per heavy atom. The number of hydrogen-bond acceptors (Lipinski definition) is 3. The van der Waals surface area contributed by atoms with E-state index < -0.39 is 30.9 Å². The fraction of sp³-hybridized carbons (Fsp3) is 1.00. The Morgan fingerprint density at radius 3 is 1.59 bits per heavy atom. The summed E-state index contributed by atoms with van der Waals surface area (Å²) >= 11 is -0.129. The molecule has 0 N–H and O–H groups in total. The van der Waals surface area contributed by atoms with Gasteiger partial charge in [-0.3, -0.25) is 4.74 Å². The van der Waals surface area contributed by atoms with Gasteiger partial charge in [-0.1, -0.05) is 0 Å². The molecule has 0 saturated heterocycles. The first kappa shape index (κ1) is 17.1. The average molecular weight is 408 g/mol. The first-order valence-corrected chi connectivity index (χ1v) is 7.24. The Labute approximate surface area is 101 Å². The van der Waals surface area contributed by atoms with Crippen LogP contribution in [0.15, 0.2) is 0 Å². The summed E-state index contributed by atoms with van der Waals surface area (Å²) < 4.78 is 118. The maximum atomic E-state index is 12.5. The van der Waals surface area contributed by atoms with Crippen molar-refractivity contribution in [3.05, 3.63) is 0 Å². The second-order valence-electron chi connectivity index (χ2n) is 2.45. The molecular formula is C4HF8IO3S. The van der Waals surface area contributed by atoms with Gasteiger partial charge in [-0.15, -0.1) is 0 Å². The average Bonchev–Trinajstić information content (AvgIpc) is 1.98. The molecule has 104 valence electrons. The van der Waals surface area contributed by atoms with E-state index in [2.05, 4.69) is 4.74 Å². The van der Waals surface area contributed by atoms with E-state index in [-0.39, 0.29) is 21.2 Å². The third-order valence-corrected chi connectivity index (χ3v) is 3.66. The van der Waals surface area contributed by atoms with Gasteiger partial charge in [0.15, 0.2) is 0 Å². The second kappa shape index (κ2) is 4.64. The second-order valence-corrected chi connectivity index (χ2v) is 7.31. The molecule has 1 atom stereocenters. The number of ether oxygens (including phenoxy) is 1. The highest BCUT2D eigenvalue weighted by molar-refractivity contribution is 14.2. The molecule has 0 aliphatic rings. The molecule has 0 aliphatic carbocycles. The van der Waals surface area contributed by atoms with Gasteiger partial charge in [-0.05, 0) is 0 Å². The van der Waals surface area contributed by atoms with Crippen LogP contribution in [0.25, 0.3) is 0 Å². The molecule has 0 saturated carbocycles. The molecule has 13 heteroatoms. The van der Waals surface area contributed by atoms with Crippen molar-refractivity contribution in [2.75, 3.05) is 0 Å². The van der Waals surface area contributed by atoms with Crippen LogP contribution >= 0.6 is 21.2 Å². The van der Waals surface area contributed by atoms with E-state index >= 15 is 0 Å². The highest BCUT2D eigenvalue weighted by atomic mass is 127. The van der Waals surface area contributed by atoms with Gasteiger partial charge in [0, 0.05) is 0 Å². The fourth-order valence-electron chi connectivity index (χ4n) is 0.407. The SMILES string of the molecule is O=S(=O)(I)C(F)(F)C(F)(F)OC(F)C(F)(F)F. The lowest BCUT2D eigenvalue weighted by Gasteiger charge is -2.25. The molecule has 0 aromatic heterocycles. The van der Waals surface area contributed by atoms with Crippen LogP contribution in [0.3, 0.4) is 0 Å². The minimum Gasteiger partial charge on any atom is -0.271 e. The fourth-order valence-corrected chi connectivity index (χ4v) is 1.51. The van der Waals surface area contributed by atoms with E-state index in [4.69, 9.17) is 0 Å². The molecule has 0 rings (SSSR count). The van der Waals surface area contributed by atoms with Crippen molar-refractivity contribution in [3.63, 3.8) is 0 Å². The van der Waals surface area contributed by atoms with Crippen molar-refractivity contribution in [2.24, 2.45) is 0 Å². The summed E-state index contributed by atoms with van der Waals surface area (Å²) in [6, 6.07) is 0. The van der Waals surface area contributed by atoms with Crippen LogP contribution in [0.1, 0.15) is 0 Å². The third-order valence-electron chi connectivity index (χ3n) is 1.15. The summed E-state index contributed by atoms with van der Waals surface area (Å²) in [5, 5.41) is -6.00. The van der Waals surface area contributed by atoms with Crippen molar-refractivity contribution in [1.29, 1.82) is 0 Å². The van der Waals surface area contributed by atoms with Gasteiger partial charge in [-0.25, -0.2) is 12.8 Å². The van der Waals surface area contributed by atoms with Crippen LogP contribution < -0.4 is 0 Å². The number of alkyl halides is 8. The predicted octanol–water partition coefficient (Wildman–Crippen LogP) is 2.81. The van der Waals surface area contributed by atoms with Crippen molar-refractivity contribution in [2.45, 2.75) is 23.9 Å². The highest BCUT2D eigenvalue weighted by Gasteiger charge is 2.69. The number of halogens is 9. The standard InChI is InChI=1S/C4HF8IO3S/c5-1(2(6,7)8)16-3(9,10)4(11,12)17(13,14)15/h1H. The summed E-state index contributed by atoms with van der Waals surface area (Å²) in [5.74, 6) is 0. The molecule has 0 spiro atoms. The quantitative estimate of drug-likeness (QED) is 0.409. The van der Waals surface area contributed by atoms with Gasteiger partial charge in [-0.2, -0.15) is 30.7 Å². The highest BCUT2D eigenvalue weighted by Crippen LogP contribution is 2.44. The summed E-state index contributed by atoms with van der Waals surface area (Å²) in [5.41, 5.74) is 0. The van der Waals surface area contributed by atoms with Crippen LogP contribution in [0.2, 0.25) is 0 Å². The lowest BCUT2D eigenvalue weighted by atomic mass is 10.6. The van der Waals surface area contributed by atoms with Crippen LogP contribution in [0, 0.1) is 0 Å². The van der Waals surface area contributed by atoms with E-state index in [1.807, 2.05) is 0 Å². The molecule has 3 nitrogen and oxygen atoms in total. The lowest BCUT2D eigenvalue weighted by Crippen LogP contribution is -2.50. The first-order chi connectivity index (χ1) is 7.13. The maximum Gasteiger partial charge on any atom is 0.445 e. The normalized spacial score (nSPS) is 17.0. The monoisotopic (exact) mass is 408 g/mol. The lowest BCUT2D eigenvalue weighted by molar-refractivity contribution is -0.393.